The molecule has 1 aromatic heterocycles. The summed E-state index contributed by atoms with van der Waals surface area (Å²) in [4.78, 5) is 6.58. The van der Waals surface area contributed by atoms with E-state index in [-0.39, 0.29) is 0 Å². The molecule has 0 radical (unpaired) electrons. The van der Waals surface area contributed by atoms with E-state index in [4.69, 9.17) is 4.52 Å². The Balaban J connectivity index is 1.45. The van der Waals surface area contributed by atoms with Crippen molar-refractivity contribution in [2.24, 2.45) is 5.92 Å². The minimum Gasteiger partial charge on any atom is -0.343 e. The fraction of sp³-hybridized carbons (Fsp3) is 0.818. The molecule has 2 bridgehead atoms. The fourth-order valence-corrected chi connectivity index (χ4v) is 2.87. The van der Waals surface area contributed by atoms with Crippen molar-refractivity contribution in [3.63, 3.8) is 0 Å². The number of rotatable bonds is 4. The largest absolute Gasteiger partial charge is 0.343 e. The molecule has 1 unspecified atom stereocenters. The van der Waals surface area contributed by atoms with Gasteiger partial charge in [-0.3, -0.25) is 0 Å². The average Bonchev–Trinajstić information content (AvgIpc) is 2.84. The van der Waals surface area contributed by atoms with Crippen molar-refractivity contribution in [3.05, 3.63) is 12.2 Å². The summed E-state index contributed by atoms with van der Waals surface area (Å²) in [6.45, 7) is 4.77. The normalized spacial score (nSPS) is 33.1. The Kier molecular flexibility index (Phi) is 2.88. The number of nitrogens with one attached hydrogen (secondary N) is 1. The number of piperidine rings is 3. The van der Waals surface area contributed by atoms with Crippen LogP contribution in [0.4, 0.5) is 0 Å². The highest BCUT2D eigenvalue weighted by Gasteiger charge is 2.33. The van der Waals surface area contributed by atoms with Crippen molar-refractivity contribution in [2.75, 3.05) is 26.2 Å². The van der Waals surface area contributed by atoms with Crippen LogP contribution in [0, 0.1) is 5.92 Å². The van der Waals surface area contributed by atoms with Gasteiger partial charge in [-0.25, -0.2) is 0 Å². The van der Waals surface area contributed by atoms with Gasteiger partial charge in [-0.1, -0.05) is 5.16 Å². The predicted octanol–water partition coefficient (Wildman–Crippen LogP) is 0.296. The van der Waals surface area contributed by atoms with Crippen molar-refractivity contribution >= 4 is 0 Å². The number of hydrogen-bond donors (Lipinski definition) is 1. The second-order valence-electron chi connectivity index (χ2n) is 4.80. The van der Waals surface area contributed by atoms with E-state index in [1.165, 1.54) is 38.9 Å². The Morgan fingerprint density at radius 3 is 2.94 bits per heavy atom. The molecule has 0 aliphatic carbocycles. The second-order valence-corrected chi connectivity index (χ2v) is 4.80. The Bertz CT molecular complexity index is 319. The summed E-state index contributed by atoms with van der Waals surface area (Å²) in [7, 11) is 0. The van der Waals surface area contributed by atoms with Crippen LogP contribution in [-0.2, 0) is 6.42 Å². The molecule has 1 atom stereocenters. The first-order valence-electron chi connectivity index (χ1n) is 6.13. The zero-order chi connectivity index (χ0) is 10.8. The van der Waals surface area contributed by atoms with Crippen LogP contribution in [0.25, 0.3) is 0 Å². The van der Waals surface area contributed by atoms with Crippen molar-refractivity contribution in [2.45, 2.75) is 25.3 Å². The van der Waals surface area contributed by atoms with E-state index in [9.17, 15) is 0 Å². The van der Waals surface area contributed by atoms with Crippen molar-refractivity contribution in [1.29, 1.82) is 0 Å². The third kappa shape index (κ3) is 2.10. The quantitative estimate of drug-likeness (QED) is 0.794. The first kappa shape index (κ1) is 10.2. The zero-order valence-electron chi connectivity index (χ0n) is 9.43. The monoisotopic (exact) mass is 222 g/mol. The lowest BCUT2D eigenvalue weighted by Gasteiger charge is -2.45. The Hall–Kier alpha value is -0.940. The molecular weight excluding hydrogens is 204 g/mol. The van der Waals surface area contributed by atoms with E-state index in [1.807, 2.05) is 0 Å². The van der Waals surface area contributed by atoms with Crippen LogP contribution in [0.2, 0.25) is 0 Å². The van der Waals surface area contributed by atoms with Crippen LogP contribution in [0.5, 0.6) is 0 Å². The van der Waals surface area contributed by atoms with Crippen LogP contribution in [0.1, 0.15) is 18.7 Å². The smallest absolute Gasteiger partial charge is 0.213 e. The average molecular weight is 222 g/mol. The highest BCUT2D eigenvalue weighted by Crippen LogP contribution is 2.27. The van der Waals surface area contributed by atoms with E-state index in [0.717, 1.165) is 24.7 Å². The van der Waals surface area contributed by atoms with Gasteiger partial charge in [0.15, 0.2) is 5.82 Å². The molecule has 16 heavy (non-hydrogen) atoms. The first-order valence-corrected chi connectivity index (χ1v) is 6.13. The molecule has 5 heteroatoms. The molecule has 0 amide bonds. The van der Waals surface area contributed by atoms with Crippen LogP contribution >= 0.6 is 0 Å². The molecule has 1 aromatic rings. The molecule has 0 spiro atoms. The van der Waals surface area contributed by atoms with Gasteiger partial charge in [-0.05, 0) is 31.8 Å². The third-order valence-electron chi connectivity index (χ3n) is 3.82. The van der Waals surface area contributed by atoms with Gasteiger partial charge in [0.05, 0.1) is 0 Å². The molecular formula is C11H18N4O. The van der Waals surface area contributed by atoms with Gasteiger partial charge >= 0.3 is 0 Å². The van der Waals surface area contributed by atoms with E-state index >= 15 is 0 Å². The molecule has 3 aliphatic rings. The highest BCUT2D eigenvalue weighted by atomic mass is 16.5. The van der Waals surface area contributed by atoms with E-state index in [1.54, 1.807) is 0 Å². The maximum Gasteiger partial charge on any atom is 0.213 e. The summed E-state index contributed by atoms with van der Waals surface area (Å²) in [6.07, 6.45) is 4.98. The van der Waals surface area contributed by atoms with Gasteiger partial charge in [0.25, 0.3) is 0 Å². The molecule has 3 saturated heterocycles. The van der Waals surface area contributed by atoms with Crippen molar-refractivity contribution in [1.82, 2.24) is 20.4 Å². The molecule has 4 rings (SSSR count). The highest BCUT2D eigenvalue weighted by molar-refractivity contribution is 4.91. The van der Waals surface area contributed by atoms with Crippen molar-refractivity contribution < 1.29 is 4.52 Å². The number of aromatic nitrogens is 2. The summed E-state index contributed by atoms with van der Waals surface area (Å²) in [5.41, 5.74) is 0. The molecule has 3 fully saturated rings. The lowest BCUT2D eigenvalue weighted by molar-refractivity contribution is 0.0730. The van der Waals surface area contributed by atoms with Gasteiger partial charge < -0.3 is 14.7 Å². The van der Waals surface area contributed by atoms with E-state index in [0.29, 0.717) is 6.04 Å². The molecule has 0 saturated carbocycles. The third-order valence-corrected chi connectivity index (χ3v) is 3.82. The maximum atomic E-state index is 4.71. The maximum absolute atomic E-state index is 4.71. The lowest BCUT2D eigenvalue weighted by Crippen LogP contribution is -2.56. The molecule has 88 valence electrons. The first-order chi connectivity index (χ1) is 7.92. The minimum atomic E-state index is 0.675. The number of nitrogens with zero attached hydrogens (tertiary/aromatic N) is 3. The molecule has 4 heterocycles. The van der Waals surface area contributed by atoms with E-state index < -0.39 is 0 Å². The van der Waals surface area contributed by atoms with Gasteiger partial charge in [-0.15, -0.1) is 0 Å². The molecule has 5 nitrogen and oxygen atoms in total. The van der Waals surface area contributed by atoms with Crippen LogP contribution in [0.15, 0.2) is 10.9 Å². The summed E-state index contributed by atoms with van der Waals surface area (Å²) in [6, 6.07) is 0.675. The Morgan fingerprint density at radius 1 is 1.44 bits per heavy atom. The standard InChI is InChI=1S/C11H18N4O/c1(11-13-8-16-14-11)4-12-10-7-15-5-2-9(10)3-6-15/h8-10,12H,1-7H2. The van der Waals surface area contributed by atoms with Crippen molar-refractivity contribution in [3.8, 4) is 0 Å². The summed E-state index contributed by atoms with van der Waals surface area (Å²) in [5.74, 6) is 1.68. The van der Waals surface area contributed by atoms with Gasteiger partial charge in [0.2, 0.25) is 6.39 Å². The fourth-order valence-electron chi connectivity index (χ4n) is 2.87. The van der Waals surface area contributed by atoms with Crippen LogP contribution in [0.3, 0.4) is 0 Å². The molecule has 1 N–H and O–H groups in total. The zero-order valence-corrected chi connectivity index (χ0v) is 9.43. The van der Waals surface area contributed by atoms with Crippen LogP contribution in [-0.4, -0.2) is 47.3 Å². The summed E-state index contributed by atoms with van der Waals surface area (Å²) in [5, 5.41) is 7.44. The Morgan fingerprint density at radius 2 is 2.31 bits per heavy atom. The summed E-state index contributed by atoms with van der Waals surface area (Å²) < 4.78 is 4.71. The predicted molar refractivity (Wildman–Crippen MR) is 59.0 cm³/mol. The van der Waals surface area contributed by atoms with E-state index in [2.05, 4.69) is 20.4 Å². The number of fused-ring (bicyclic) bond motifs is 3. The Labute approximate surface area is 95.2 Å². The lowest BCUT2D eigenvalue weighted by atomic mass is 9.84. The van der Waals surface area contributed by atoms with Gasteiger partial charge in [0, 0.05) is 25.6 Å². The SMILES string of the molecule is c1nc(CCNC2CN3CCC2CC3)no1. The molecule has 0 aromatic carbocycles. The minimum absolute atomic E-state index is 0.675. The number of hydrogen-bond acceptors (Lipinski definition) is 5. The second kappa shape index (κ2) is 4.51. The molecule has 3 aliphatic heterocycles. The van der Waals surface area contributed by atoms with Gasteiger partial charge in [0.1, 0.15) is 0 Å². The summed E-state index contributed by atoms with van der Waals surface area (Å²) >= 11 is 0. The van der Waals surface area contributed by atoms with Gasteiger partial charge in [-0.2, -0.15) is 4.98 Å². The topological polar surface area (TPSA) is 54.2 Å². The van der Waals surface area contributed by atoms with Crippen LogP contribution < -0.4 is 5.32 Å².